The summed E-state index contributed by atoms with van der Waals surface area (Å²) in [6, 6.07) is 43.4. The van der Waals surface area contributed by atoms with Gasteiger partial charge in [0.1, 0.15) is 68.3 Å². The zero-order valence-electron chi connectivity index (χ0n) is 78.0. The normalized spacial score (nSPS) is 12.3. The number of carbonyl (C=O) groups excluding carboxylic acids is 6. The molecule has 1 aliphatic heterocycles. The summed E-state index contributed by atoms with van der Waals surface area (Å²) in [5.74, 6) is -1.22. The highest BCUT2D eigenvalue weighted by atomic mass is 35.5. The first-order valence-electron chi connectivity index (χ1n) is 42.8. The number of rotatable bonds is 21. The summed E-state index contributed by atoms with van der Waals surface area (Å²) in [5.41, 5.74) is -0.0700. The second-order valence-electron chi connectivity index (χ2n) is 31.6. The minimum Gasteiger partial charge on any atom is -0.378 e. The van der Waals surface area contributed by atoms with Crippen LogP contribution in [0.15, 0.2) is 182 Å². The third kappa shape index (κ3) is 29.1. The smallest absolute Gasteiger partial charge is 0.378 e. The number of morpholine rings is 1. The van der Waals surface area contributed by atoms with Crippen LogP contribution in [0.2, 0.25) is 5.02 Å². The molecule has 51 heteroatoms. The molecule has 2 aromatic carbocycles. The number of nitrogens with zero attached hydrogens (tertiary/aromatic N) is 17. The van der Waals surface area contributed by atoms with Gasteiger partial charge in [-0.15, -0.1) is 68.0 Å². The minimum atomic E-state index is -4.48. The Balaban J connectivity index is 0.000000165. The Labute approximate surface area is 839 Å². The minimum absolute atomic E-state index is 0.128. The monoisotopic (exact) mass is 2150 g/mol. The molecule has 0 aliphatic carbocycles. The number of thiophene rings is 6. The van der Waals surface area contributed by atoms with Gasteiger partial charge in [0.2, 0.25) is 0 Å². The Hall–Kier alpha value is -13.1. The lowest BCUT2D eigenvalue weighted by Gasteiger charge is -2.26. The summed E-state index contributed by atoms with van der Waals surface area (Å²) < 4.78 is 241. The molecule has 13 aromatic heterocycles. The fourth-order valence-electron chi connectivity index (χ4n) is 13.5. The Kier molecular flexibility index (Phi) is 36.4. The van der Waals surface area contributed by atoms with Crippen molar-refractivity contribution in [3.8, 4) is 63.4 Å². The molecule has 0 bridgehead atoms. The predicted molar refractivity (Wildman–Crippen MR) is 512 cm³/mol. The molecule has 0 unspecified atom stereocenters. The van der Waals surface area contributed by atoms with E-state index >= 15 is 0 Å². The molecule has 14 heterocycles. The van der Waals surface area contributed by atoms with Crippen LogP contribution in [0.25, 0.3) is 63.4 Å². The van der Waals surface area contributed by atoms with E-state index in [2.05, 4.69) is 46.2 Å². The van der Waals surface area contributed by atoms with E-state index in [-0.39, 0.29) is 69.6 Å². The molecular weight excluding hydrogens is 2060 g/mol. The summed E-state index contributed by atoms with van der Waals surface area (Å²) in [7, 11) is 12.5. The lowest BCUT2D eigenvalue weighted by Crippen LogP contribution is -2.40. The van der Waals surface area contributed by atoms with E-state index in [4.69, 9.17) is 16.3 Å². The fourth-order valence-corrected chi connectivity index (χ4v) is 19.2. The van der Waals surface area contributed by atoms with Crippen LogP contribution in [0.5, 0.6) is 0 Å². The summed E-state index contributed by atoms with van der Waals surface area (Å²) in [6.07, 6.45) is -21.8. The largest absolute Gasteiger partial charge is 0.433 e. The van der Waals surface area contributed by atoms with Crippen molar-refractivity contribution in [2.24, 2.45) is 42.3 Å². The molecule has 144 heavy (non-hydrogen) atoms. The van der Waals surface area contributed by atoms with Crippen molar-refractivity contribution in [1.82, 2.24) is 89.0 Å². The number of nitrogens with one attached hydrogen (secondary N) is 2. The number of hydrogen-bond acceptors (Lipinski definition) is 20. The molecule has 0 saturated carbocycles. The van der Waals surface area contributed by atoms with Gasteiger partial charge in [-0.05, 0) is 176 Å². The number of aryl methyl sites for hydroxylation is 7. The highest BCUT2D eigenvalue weighted by Crippen LogP contribution is 2.42. The van der Waals surface area contributed by atoms with E-state index in [1.165, 1.54) is 47.2 Å². The van der Waals surface area contributed by atoms with E-state index < -0.39 is 71.2 Å². The van der Waals surface area contributed by atoms with E-state index in [0.29, 0.717) is 116 Å². The van der Waals surface area contributed by atoms with Gasteiger partial charge in [0.25, 0.3) is 35.4 Å². The third-order valence-electron chi connectivity index (χ3n) is 20.8. The van der Waals surface area contributed by atoms with E-state index in [9.17, 15) is 108 Å². The summed E-state index contributed by atoms with van der Waals surface area (Å²) in [5, 5.41) is 29.4. The van der Waals surface area contributed by atoms with Gasteiger partial charge in [-0.3, -0.25) is 61.8 Å². The molecule has 0 spiro atoms. The number of carbonyl (C=O) groups is 6. The van der Waals surface area contributed by atoms with Crippen LogP contribution in [-0.4, -0.2) is 174 Å². The maximum Gasteiger partial charge on any atom is 0.433 e. The molecule has 15 aromatic rings. The number of benzene rings is 2. The Morgan fingerprint density at radius 2 is 0.681 bits per heavy atom. The Morgan fingerprint density at radius 3 is 1.01 bits per heavy atom. The molecule has 1 saturated heterocycles. The van der Waals surface area contributed by atoms with Crippen molar-refractivity contribution in [3.05, 3.63) is 267 Å². The van der Waals surface area contributed by atoms with Crippen molar-refractivity contribution >= 4 is 121 Å². The van der Waals surface area contributed by atoms with E-state index in [1.54, 1.807) is 145 Å². The second-order valence-corrected chi connectivity index (χ2v) is 38.6. The molecule has 1 aliphatic rings. The fraction of sp³-hybridized carbons (Fsp3) is 0.301. The molecule has 2 N–H and O–H groups in total. The molecule has 1 fully saturated rings. The first-order valence-corrected chi connectivity index (χ1v) is 48.1. The van der Waals surface area contributed by atoms with Gasteiger partial charge >= 0.3 is 37.1 Å². The molecule has 16 rings (SSSR count). The van der Waals surface area contributed by atoms with Crippen LogP contribution in [0, 0.1) is 6.92 Å². The predicted octanol–water partition coefficient (Wildman–Crippen LogP) is 22.9. The van der Waals surface area contributed by atoms with Gasteiger partial charge in [0.05, 0.1) is 71.7 Å². The van der Waals surface area contributed by atoms with E-state index in [0.717, 1.165) is 168 Å². The molecular formula is C93H88ClF18N19O7S6. The number of aromatic nitrogens is 13. The van der Waals surface area contributed by atoms with Gasteiger partial charge in [0, 0.05) is 126 Å². The topological polar surface area (TPSA) is 268 Å². The van der Waals surface area contributed by atoms with Crippen molar-refractivity contribution in [3.63, 3.8) is 0 Å². The lowest BCUT2D eigenvalue weighted by molar-refractivity contribution is -0.144. The molecule has 26 nitrogen and oxygen atoms in total. The lowest BCUT2D eigenvalue weighted by atomic mass is 10.2. The number of anilines is 1. The number of amides is 6. The van der Waals surface area contributed by atoms with Crippen molar-refractivity contribution in [2.75, 3.05) is 65.4 Å². The van der Waals surface area contributed by atoms with Gasteiger partial charge in [-0.1, -0.05) is 55.3 Å². The van der Waals surface area contributed by atoms with Crippen LogP contribution in [0.3, 0.4) is 0 Å². The number of hydrogen-bond donors (Lipinski definition) is 2. The molecule has 0 atom stereocenters. The van der Waals surface area contributed by atoms with Crippen LogP contribution in [-0.2, 0) is 97.2 Å². The first kappa shape index (κ1) is 111. The van der Waals surface area contributed by atoms with Gasteiger partial charge in [-0.25, -0.2) is 0 Å². The zero-order valence-corrected chi connectivity index (χ0v) is 83.6. The van der Waals surface area contributed by atoms with Crippen molar-refractivity contribution in [1.29, 1.82) is 0 Å². The average Bonchev–Trinajstić information content (AvgIpc) is 1.66. The highest BCUT2D eigenvalue weighted by Gasteiger charge is 2.41. The summed E-state index contributed by atoms with van der Waals surface area (Å²) >= 11 is 12.5. The molecule has 0 radical (unpaired) electrons. The van der Waals surface area contributed by atoms with Crippen molar-refractivity contribution < 1.29 is 113 Å². The van der Waals surface area contributed by atoms with Crippen LogP contribution in [0.1, 0.15) is 136 Å². The summed E-state index contributed by atoms with van der Waals surface area (Å²) in [4.78, 5) is 89.8. The van der Waals surface area contributed by atoms with Crippen LogP contribution in [0.4, 0.5) is 84.7 Å². The second kappa shape index (κ2) is 47.1. The maximum absolute atomic E-state index is 12.9. The zero-order chi connectivity index (χ0) is 106. The molecule has 766 valence electrons. The van der Waals surface area contributed by atoms with Crippen LogP contribution >= 0.6 is 79.6 Å². The highest BCUT2D eigenvalue weighted by molar-refractivity contribution is 7.19. The maximum atomic E-state index is 12.9. The Morgan fingerprint density at radius 1 is 0.375 bits per heavy atom. The number of alkyl halides is 18. The van der Waals surface area contributed by atoms with Gasteiger partial charge in [0.15, 0.2) is 0 Å². The number of pyridine rings is 1. The first-order chi connectivity index (χ1) is 67.6. The van der Waals surface area contributed by atoms with Crippen molar-refractivity contribution in [2.45, 2.75) is 83.8 Å². The van der Waals surface area contributed by atoms with Gasteiger partial charge in [-0.2, -0.15) is 110 Å². The quantitative estimate of drug-likeness (QED) is 0.0634. The Bertz CT molecular complexity index is 6920. The van der Waals surface area contributed by atoms with Gasteiger partial charge < -0.3 is 35.0 Å². The van der Waals surface area contributed by atoms with Crippen LogP contribution < -0.4 is 15.5 Å². The average molecular weight is 2150 g/mol. The summed E-state index contributed by atoms with van der Waals surface area (Å²) in [6.45, 7) is 9.84. The third-order valence-corrected chi connectivity index (χ3v) is 27.7. The standard InChI is InChI=1S/C18H16F3N3OS.C17H13ClF3N3OS.C17H15F3N4OS.C14H14F3N3O2S.C14H16F3N3OS.C13H14F3N3OS/c1-11-4-6-12(7-5-11)23(2)17(25)15-9-8-14(26-15)13-10-16(18(19,20)21)24(3)22-13;1-24-15(17(19,20)21)8-12(23-24)13-6-7-14(26-13)16(25)22-9-10-2-4-11(18)5-3-10;1-23(10-11-5-7-21-8-6-11)16(25)14-4-3-13(26-14)12-9-15(17(18,19)20)24(2)22-12;1-19-12(14(15,16)17)8-9(18-19)10-2-3-11(23-10)13(21)20-4-6-22-7-5-20;1-4-7-19(2)13(21)11-6-5-10(22-11)9-8-12(14(15,16)17)20(3)18-9;1-3-6-17-12(20)10-5-4-9(21-10)8-7-11(13(14,15)16)19(2)18-8/h4-10H,1-3H3;2-8H,9H2,1H3,(H,22,25);3-9H,10H2,1-2H3;2-3,8H,4-7H2,1H3;5-6,8H,4,7H2,1-3H3;4-5,7H,3,6H2,1-2H3,(H,17,20). The molecule has 6 amide bonds. The SMILES string of the molecule is CCCN(C)C(=O)c1ccc(-c2cc(C(F)(F)F)n(C)n2)s1.CCCNC(=O)c1ccc(-c2cc(C(F)(F)F)n(C)n2)s1.CN(Cc1ccncc1)C(=O)c1ccc(-c2cc(C(F)(F)F)n(C)n2)s1.Cc1ccc(N(C)C(=O)c2ccc(-c3cc(C(F)(F)F)n(C)n3)s2)cc1.Cn1nc(-c2ccc(C(=O)N3CCOCC3)s2)cc1C(F)(F)F.Cn1nc(-c2ccc(C(=O)NCc3ccc(Cl)cc3)s2)cc1C(F)(F)F. The number of ether oxygens (including phenoxy) is 1. The number of halogens is 19. The van der Waals surface area contributed by atoms with E-state index in [1.807, 2.05) is 57.2 Å².